The minimum Gasteiger partial charge on any atom is -0.342 e. The van der Waals surface area contributed by atoms with Crippen LogP contribution in [0, 0.1) is 6.92 Å². The van der Waals surface area contributed by atoms with Gasteiger partial charge in [0, 0.05) is 80.8 Å². The minimum atomic E-state index is 0.203. The Morgan fingerprint density at radius 1 is 1.33 bits per heavy atom. The third-order valence-electron chi connectivity index (χ3n) is 5.75. The predicted octanol–water partition coefficient (Wildman–Crippen LogP) is 1.77. The lowest BCUT2D eigenvalue weighted by atomic mass is 9.96. The lowest BCUT2D eigenvalue weighted by Gasteiger charge is -2.33. The molecule has 2 aliphatic heterocycles. The van der Waals surface area contributed by atoms with Crippen molar-refractivity contribution in [3.63, 3.8) is 0 Å². The maximum absolute atomic E-state index is 12.7. The van der Waals surface area contributed by atoms with E-state index in [1.807, 2.05) is 28.8 Å². The van der Waals surface area contributed by atoms with Crippen LogP contribution < -0.4 is 0 Å². The third kappa shape index (κ3) is 4.03. The summed E-state index contributed by atoms with van der Waals surface area (Å²) >= 11 is 0. The van der Waals surface area contributed by atoms with Crippen LogP contribution in [0.15, 0.2) is 18.5 Å². The summed E-state index contributed by atoms with van der Waals surface area (Å²) in [6, 6.07) is 1.96. The zero-order valence-corrected chi connectivity index (χ0v) is 16.3. The molecule has 1 saturated heterocycles. The van der Waals surface area contributed by atoms with Gasteiger partial charge in [0.15, 0.2) is 0 Å². The molecule has 2 aromatic heterocycles. The summed E-state index contributed by atoms with van der Waals surface area (Å²) in [5.41, 5.74) is 3.52. The highest BCUT2D eigenvalue weighted by Gasteiger charge is 2.27. The van der Waals surface area contributed by atoms with Crippen molar-refractivity contribution in [2.45, 2.75) is 51.6 Å². The number of nitrogens with zero attached hydrogens (tertiary/aromatic N) is 6. The van der Waals surface area contributed by atoms with Crippen LogP contribution in [0.1, 0.15) is 48.0 Å². The molecule has 4 rings (SSSR count). The maximum atomic E-state index is 12.7. The molecule has 1 atom stereocenters. The molecule has 1 fully saturated rings. The summed E-state index contributed by atoms with van der Waals surface area (Å²) in [5.74, 6) is 1.37. The number of likely N-dealkylation sites (N-methyl/N-ethyl adjacent to an activating group) is 1. The van der Waals surface area contributed by atoms with Gasteiger partial charge in [0.05, 0.1) is 0 Å². The Balaban J connectivity index is 1.39. The van der Waals surface area contributed by atoms with Crippen molar-refractivity contribution in [1.82, 2.24) is 29.5 Å². The van der Waals surface area contributed by atoms with E-state index in [2.05, 4.69) is 22.0 Å². The Morgan fingerprint density at radius 3 is 3.04 bits per heavy atom. The van der Waals surface area contributed by atoms with Gasteiger partial charge in [-0.2, -0.15) is 5.10 Å². The van der Waals surface area contributed by atoms with E-state index in [9.17, 15) is 4.79 Å². The molecule has 2 aliphatic rings. The van der Waals surface area contributed by atoms with Gasteiger partial charge >= 0.3 is 0 Å². The van der Waals surface area contributed by atoms with Gasteiger partial charge in [-0.3, -0.25) is 9.48 Å². The van der Waals surface area contributed by atoms with E-state index < -0.39 is 0 Å². The smallest absolute Gasteiger partial charge is 0.224 e. The molecule has 0 radical (unpaired) electrons. The molecule has 2 aromatic rings. The number of carbonyl (C=O) groups is 1. The number of fused-ring (bicyclic) bond motifs is 1. The fourth-order valence-corrected chi connectivity index (χ4v) is 4.08. The van der Waals surface area contributed by atoms with Crippen LogP contribution in [0.5, 0.6) is 0 Å². The molecular formula is C20H28N6O. The van der Waals surface area contributed by atoms with Gasteiger partial charge in [-0.25, -0.2) is 9.97 Å². The van der Waals surface area contributed by atoms with E-state index in [0.717, 1.165) is 57.0 Å². The van der Waals surface area contributed by atoms with Crippen molar-refractivity contribution in [3.05, 3.63) is 41.2 Å². The van der Waals surface area contributed by atoms with E-state index in [1.165, 1.54) is 11.3 Å². The second-order valence-electron chi connectivity index (χ2n) is 7.81. The number of rotatable bonds is 4. The zero-order chi connectivity index (χ0) is 18.8. The number of aromatic nitrogens is 4. The van der Waals surface area contributed by atoms with Crippen molar-refractivity contribution < 1.29 is 4.79 Å². The average molecular weight is 368 g/mol. The van der Waals surface area contributed by atoms with Gasteiger partial charge in [0.25, 0.3) is 0 Å². The third-order valence-corrected chi connectivity index (χ3v) is 5.75. The molecule has 0 bridgehead atoms. The molecule has 0 aromatic carbocycles. The Bertz CT molecular complexity index is 817. The Kier molecular flexibility index (Phi) is 5.20. The Labute approximate surface area is 160 Å². The van der Waals surface area contributed by atoms with Crippen molar-refractivity contribution in [2.24, 2.45) is 0 Å². The second-order valence-corrected chi connectivity index (χ2v) is 7.81. The van der Waals surface area contributed by atoms with E-state index >= 15 is 0 Å². The number of likely N-dealkylation sites (tertiary alicyclic amines) is 1. The Hall–Kier alpha value is -2.28. The molecule has 27 heavy (non-hydrogen) atoms. The summed E-state index contributed by atoms with van der Waals surface area (Å²) in [7, 11) is 2.13. The van der Waals surface area contributed by atoms with Crippen LogP contribution in [0.25, 0.3) is 0 Å². The molecule has 7 nitrogen and oxygen atoms in total. The molecular weight excluding hydrogens is 340 g/mol. The molecule has 1 amide bonds. The molecule has 4 heterocycles. The monoisotopic (exact) mass is 368 g/mol. The van der Waals surface area contributed by atoms with Gasteiger partial charge < -0.3 is 9.80 Å². The lowest BCUT2D eigenvalue weighted by Crippen LogP contribution is -2.40. The van der Waals surface area contributed by atoms with Gasteiger partial charge in [-0.05, 0) is 32.9 Å². The fourth-order valence-electron chi connectivity index (χ4n) is 4.08. The molecule has 1 unspecified atom stereocenters. The normalized spacial score (nSPS) is 20.5. The summed E-state index contributed by atoms with van der Waals surface area (Å²) in [6.07, 6.45) is 7.32. The topological polar surface area (TPSA) is 67.2 Å². The quantitative estimate of drug-likeness (QED) is 0.823. The Morgan fingerprint density at radius 2 is 2.22 bits per heavy atom. The van der Waals surface area contributed by atoms with Gasteiger partial charge in [0.2, 0.25) is 5.91 Å². The summed E-state index contributed by atoms with van der Waals surface area (Å²) in [5, 5.41) is 4.26. The summed E-state index contributed by atoms with van der Waals surface area (Å²) in [6.45, 7) is 6.20. The van der Waals surface area contributed by atoms with Crippen molar-refractivity contribution in [1.29, 1.82) is 0 Å². The summed E-state index contributed by atoms with van der Waals surface area (Å²) < 4.78 is 1.89. The molecule has 7 heteroatoms. The van der Waals surface area contributed by atoms with Gasteiger partial charge in [0.1, 0.15) is 5.82 Å². The molecule has 144 valence electrons. The first kappa shape index (κ1) is 18.1. The van der Waals surface area contributed by atoms with Crippen LogP contribution in [0.4, 0.5) is 0 Å². The second kappa shape index (κ2) is 7.76. The lowest BCUT2D eigenvalue weighted by molar-refractivity contribution is -0.132. The number of hydrogen-bond donors (Lipinski definition) is 0. The standard InChI is InChI=1S/C20H28N6O/c1-15-5-8-22-26(15)11-7-19(27)25-9-3-4-16(14-25)20-21-12-17-13-24(2)10-6-18(17)23-20/h5,8,12,16H,3-4,6-7,9-11,13-14H2,1-2H3. The number of amides is 1. The van der Waals surface area contributed by atoms with Crippen LogP contribution >= 0.6 is 0 Å². The van der Waals surface area contributed by atoms with E-state index in [-0.39, 0.29) is 11.8 Å². The number of carbonyl (C=O) groups excluding carboxylic acids is 1. The average Bonchev–Trinajstić information content (AvgIpc) is 3.10. The molecule has 0 N–H and O–H groups in total. The van der Waals surface area contributed by atoms with Crippen LogP contribution in [0.3, 0.4) is 0 Å². The van der Waals surface area contributed by atoms with Gasteiger partial charge in [-0.15, -0.1) is 0 Å². The van der Waals surface area contributed by atoms with E-state index in [1.54, 1.807) is 6.20 Å². The largest absolute Gasteiger partial charge is 0.342 e. The van der Waals surface area contributed by atoms with Crippen molar-refractivity contribution in [3.8, 4) is 0 Å². The molecule has 0 spiro atoms. The molecule has 0 saturated carbocycles. The molecule has 0 aliphatic carbocycles. The summed E-state index contributed by atoms with van der Waals surface area (Å²) in [4.78, 5) is 26.5. The first-order chi connectivity index (χ1) is 13.1. The minimum absolute atomic E-state index is 0.203. The SMILES string of the molecule is Cc1ccnn1CCC(=O)N1CCCC(c2ncc3c(n2)CCN(C)C3)C1. The first-order valence-corrected chi connectivity index (χ1v) is 9.89. The van der Waals surface area contributed by atoms with Gasteiger partial charge in [-0.1, -0.05) is 0 Å². The van der Waals surface area contributed by atoms with E-state index in [4.69, 9.17) is 4.98 Å². The highest BCUT2D eigenvalue weighted by Crippen LogP contribution is 2.26. The number of aryl methyl sites for hydroxylation is 2. The zero-order valence-electron chi connectivity index (χ0n) is 16.3. The highest BCUT2D eigenvalue weighted by atomic mass is 16.2. The number of hydrogen-bond acceptors (Lipinski definition) is 5. The van der Waals surface area contributed by atoms with Crippen molar-refractivity contribution >= 4 is 5.91 Å². The van der Waals surface area contributed by atoms with Crippen LogP contribution in [-0.2, 0) is 24.3 Å². The predicted molar refractivity (Wildman–Crippen MR) is 102 cm³/mol. The maximum Gasteiger partial charge on any atom is 0.224 e. The van der Waals surface area contributed by atoms with Crippen LogP contribution in [-0.4, -0.2) is 62.1 Å². The van der Waals surface area contributed by atoms with Crippen LogP contribution in [0.2, 0.25) is 0 Å². The van der Waals surface area contributed by atoms with Crippen molar-refractivity contribution in [2.75, 3.05) is 26.7 Å². The highest BCUT2D eigenvalue weighted by molar-refractivity contribution is 5.76. The fraction of sp³-hybridized carbons (Fsp3) is 0.600. The first-order valence-electron chi connectivity index (χ1n) is 9.89. The number of piperidine rings is 1. The van der Waals surface area contributed by atoms with E-state index in [0.29, 0.717) is 13.0 Å².